The summed E-state index contributed by atoms with van der Waals surface area (Å²) in [5, 5.41) is 6.43. The predicted octanol–water partition coefficient (Wildman–Crippen LogP) is 3.84. The van der Waals surface area contributed by atoms with E-state index in [1.54, 1.807) is 30.3 Å². The van der Waals surface area contributed by atoms with Crippen LogP contribution >= 0.6 is 23.2 Å². The fraction of sp³-hybridized carbons (Fsp3) is 0.350. The monoisotopic (exact) mass is 471 g/mol. The Hall–Kier alpha value is -1.84. The summed E-state index contributed by atoms with van der Waals surface area (Å²) in [7, 11) is -3.60. The Morgan fingerprint density at radius 1 is 1.03 bits per heavy atom. The Kier molecular flexibility index (Phi) is 7.26. The van der Waals surface area contributed by atoms with Crippen molar-refractivity contribution >= 4 is 50.5 Å². The van der Waals surface area contributed by atoms with E-state index in [4.69, 9.17) is 27.9 Å². The standard InChI is InChI=1S/C20H23Cl2N3O4S/c1-13-11-25(12-14(2)29-13)30(27,28)17-6-3-15(4-7-17)23-10-20(26)24-16-5-8-18(21)19(22)9-16/h3-9,13-14,23H,10-12H2,1-2H3,(H,24,26)/t13-,14+. The van der Waals surface area contributed by atoms with Crippen LogP contribution in [-0.2, 0) is 19.6 Å². The highest BCUT2D eigenvalue weighted by Gasteiger charge is 2.32. The number of morpholine rings is 1. The first kappa shape index (κ1) is 22.8. The lowest BCUT2D eigenvalue weighted by atomic mass is 10.3. The van der Waals surface area contributed by atoms with Crippen molar-refractivity contribution in [2.45, 2.75) is 31.0 Å². The van der Waals surface area contributed by atoms with E-state index < -0.39 is 10.0 Å². The molecule has 1 fully saturated rings. The molecule has 0 saturated carbocycles. The van der Waals surface area contributed by atoms with Crippen molar-refractivity contribution in [2.75, 3.05) is 30.3 Å². The fourth-order valence-electron chi connectivity index (χ4n) is 3.18. The summed E-state index contributed by atoms with van der Waals surface area (Å²) < 4.78 is 32.8. The Bertz CT molecular complexity index is 1010. The normalized spacial score (nSPS) is 20.0. The SMILES string of the molecule is C[C@@H]1CN(S(=O)(=O)c2ccc(NCC(=O)Nc3ccc(Cl)c(Cl)c3)cc2)C[C@H](C)O1. The van der Waals surface area contributed by atoms with E-state index in [0.717, 1.165) is 0 Å². The molecule has 2 aromatic rings. The van der Waals surface area contributed by atoms with Gasteiger partial charge in [0.1, 0.15) is 0 Å². The average molecular weight is 472 g/mol. The molecule has 2 aromatic carbocycles. The Balaban J connectivity index is 1.58. The van der Waals surface area contributed by atoms with Crippen LogP contribution in [-0.4, -0.2) is 50.5 Å². The molecule has 1 aliphatic rings. The third kappa shape index (κ3) is 5.65. The van der Waals surface area contributed by atoms with Crippen LogP contribution in [0.3, 0.4) is 0 Å². The third-order valence-corrected chi connectivity index (χ3v) is 7.12. The van der Waals surface area contributed by atoms with Gasteiger partial charge in [-0.2, -0.15) is 4.31 Å². The topological polar surface area (TPSA) is 87.7 Å². The van der Waals surface area contributed by atoms with E-state index in [1.165, 1.54) is 16.4 Å². The van der Waals surface area contributed by atoms with Crippen molar-refractivity contribution in [3.8, 4) is 0 Å². The Morgan fingerprint density at radius 3 is 2.23 bits per heavy atom. The molecule has 162 valence electrons. The summed E-state index contributed by atoms with van der Waals surface area (Å²) in [5.74, 6) is -0.277. The minimum atomic E-state index is -3.60. The van der Waals surface area contributed by atoms with E-state index >= 15 is 0 Å². The predicted molar refractivity (Wildman–Crippen MR) is 119 cm³/mol. The number of carbonyl (C=O) groups excluding carboxylic acids is 1. The van der Waals surface area contributed by atoms with Gasteiger partial charge in [0, 0.05) is 24.5 Å². The molecule has 1 saturated heterocycles. The lowest BCUT2D eigenvalue weighted by Gasteiger charge is -2.34. The number of hydrogen-bond acceptors (Lipinski definition) is 5. The number of amides is 1. The summed E-state index contributed by atoms with van der Waals surface area (Å²) in [6, 6.07) is 11.1. The highest BCUT2D eigenvalue weighted by Crippen LogP contribution is 2.25. The molecule has 1 heterocycles. The molecule has 2 atom stereocenters. The minimum absolute atomic E-state index is 0.00480. The van der Waals surface area contributed by atoms with E-state index in [-0.39, 0.29) is 29.6 Å². The molecule has 10 heteroatoms. The summed E-state index contributed by atoms with van der Waals surface area (Å²) >= 11 is 11.8. The van der Waals surface area contributed by atoms with Gasteiger partial charge in [-0.15, -0.1) is 0 Å². The van der Waals surface area contributed by atoms with E-state index in [0.29, 0.717) is 34.5 Å². The van der Waals surface area contributed by atoms with Gasteiger partial charge in [-0.1, -0.05) is 23.2 Å². The van der Waals surface area contributed by atoms with E-state index in [9.17, 15) is 13.2 Å². The van der Waals surface area contributed by atoms with Crippen molar-refractivity contribution in [2.24, 2.45) is 0 Å². The first-order valence-corrected chi connectivity index (χ1v) is 11.6. The molecule has 0 radical (unpaired) electrons. The molecule has 2 N–H and O–H groups in total. The average Bonchev–Trinajstić information content (AvgIpc) is 2.69. The summed E-state index contributed by atoms with van der Waals surface area (Å²) in [6.07, 6.45) is -0.308. The zero-order chi connectivity index (χ0) is 21.9. The van der Waals surface area contributed by atoms with Gasteiger partial charge in [-0.25, -0.2) is 8.42 Å². The van der Waals surface area contributed by atoms with Crippen molar-refractivity contribution in [1.82, 2.24) is 4.31 Å². The van der Waals surface area contributed by atoms with Crippen LogP contribution in [0.2, 0.25) is 10.0 Å². The van der Waals surface area contributed by atoms with Crippen molar-refractivity contribution in [3.05, 3.63) is 52.5 Å². The molecule has 0 spiro atoms. The number of benzene rings is 2. The zero-order valence-corrected chi connectivity index (χ0v) is 18.9. The zero-order valence-electron chi connectivity index (χ0n) is 16.6. The first-order chi connectivity index (χ1) is 14.1. The number of halogens is 2. The van der Waals surface area contributed by atoms with Crippen LogP contribution in [0, 0.1) is 0 Å². The lowest BCUT2D eigenvalue weighted by molar-refractivity contribution is -0.114. The Morgan fingerprint density at radius 2 is 1.63 bits per heavy atom. The highest BCUT2D eigenvalue weighted by molar-refractivity contribution is 7.89. The van der Waals surface area contributed by atoms with Gasteiger partial charge in [-0.05, 0) is 56.3 Å². The van der Waals surface area contributed by atoms with Crippen LogP contribution < -0.4 is 10.6 Å². The van der Waals surface area contributed by atoms with Crippen LogP contribution in [0.15, 0.2) is 47.4 Å². The molecule has 0 unspecified atom stereocenters. The molecule has 30 heavy (non-hydrogen) atoms. The molecular formula is C20H23Cl2N3O4S. The quantitative estimate of drug-likeness (QED) is 0.667. The molecule has 0 aromatic heterocycles. The van der Waals surface area contributed by atoms with Crippen molar-refractivity contribution in [1.29, 1.82) is 0 Å². The molecule has 7 nitrogen and oxygen atoms in total. The number of carbonyl (C=O) groups is 1. The number of nitrogens with one attached hydrogen (secondary N) is 2. The second kappa shape index (κ2) is 9.53. The Labute approximate surface area is 186 Å². The van der Waals surface area contributed by atoms with Gasteiger partial charge in [0.25, 0.3) is 0 Å². The summed E-state index contributed by atoms with van der Waals surface area (Å²) in [5.41, 5.74) is 1.16. The van der Waals surface area contributed by atoms with Crippen LogP contribution in [0.1, 0.15) is 13.8 Å². The first-order valence-electron chi connectivity index (χ1n) is 9.39. The molecular weight excluding hydrogens is 449 g/mol. The fourth-order valence-corrected chi connectivity index (χ4v) is 5.07. The maximum absolute atomic E-state index is 12.9. The van der Waals surface area contributed by atoms with E-state index in [1.807, 2.05) is 13.8 Å². The number of ether oxygens (including phenoxy) is 1. The number of sulfonamides is 1. The second-order valence-corrected chi connectivity index (χ2v) is 9.89. The summed E-state index contributed by atoms with van der Waals surface area (Å²) in [6.45, 7) is 4.36. The number of nitrogens with zero attached hydrogens (tertiary/aromatic N) is 1. The van der Waals surface area contributed by atoms with Gasteiger partial charge in [0.2, 0.25) is 15.9 Å². The molecule has 0 bridgehead atoms. The van der Waals surface area contributed by atoms with Crippen molar-refractivity contribution < 1.29 is 17.9 Å². The second-order valence-electron chi connectivity index (χ2n) is 7.13. The lowest BCUT2D eigenvalue weighted by Crippen LogP contribution is -2.48. The molecule has 1 amide bonds. The number of anilines is 2. The summed E-state index contributed by atoms with van der Waals surface area (Å²) in [4.78, 5) is 12.3. The molecule has 3 rings (SSSR count). The smallest absolute Gasteiger partial charge is 0.243 e. The minimum Gasteiger partial charge on any atom is -0.376 e. The largest absolute Gasteiger partial charge is 0.376 e. The molecule has 1 aliphatic heterocycles. The van der Waals surface area contributed by atoms with Crippen LogP contribution in [0.25, 0.3) is 0 Å². The number of rotatable bonds is 6. The maximum atomic E-state index is 12.9. The number of hydrogen-bond donors (Lipinski definition) is 2. The maximum Gasteiger partial charge on any atom is 0.243 e. The van der Waals surface area contributed by atoms with Crippen molar-refractivity contribution in [3.63, 3.8) is 0 Å². The van der Waals surface area contributed by atoms with Crippen LogP contribution in [0.5, 0.6) is 0 Å². The van der Waals surface area contributed by atoms with Gasteiger partial charge >= 0.3 is 0 Å². The van der Waals surface area contributed by atoms with Gasteiger partial charge in [-0.3, -0.25) is 4.79 Å². The molecule has 0 aliphatic carbocycles. The van der Waals surface area contributed by atoms with Crippen LogP contribution in [0.4, 0.5) is 11.4 Å². The third-order valence-electron chi connectivity index (χ3n) is 4.53. The van der Waals surface area contributed by atoms with Gasteiger partial charge in [0.15, 0.2) is 0 Å². The van der Waals surface area contributed by atoms with E-state index in [2.05, 4.69) is 10.6 Å². The highest BCUT2D eigenvalue weighted by atomic mass is 35.5. The van der Waals surface area contributed by atoms with Gasteiger partial charge in [0.05, 0.1) is 33.7 Å². The van der Waals surface area contributed by atoms with Gasteiger partial charge < -0.3 is 15.4 Å².